The number of aromatic nitrogens is 2. The highest BCUT2D eigenvalue weighted by Gasteiger charge is 2.07. The highest BCUT2D eigenvalue weighted by atomic mass is 16.5. The first-order chi connectivity index (χ1) is 11.6. The Kier molecular flexibility index (Phi) is 6.62. The van der Waals surface area contributed by atoms with Gasteiger partial charge in [0.25, 0.3) is 0 Å². The molecule has 0 saturated heterocycles. The van der Waals surface area contributed by atoms with E-state index in [2.05, 4.69) is 25.5 Å². The van der Waals surface area contributed by atoms with E-state index in [1.807, 2.05) is 39.3 Å². The van der Waals surface area contributed by atoms with Crippen LogP contribution in [0, 0.1) is 0 Å². The van der Waals surface area contributed by atoms with Gasteiger partial charge >= 0.3 is 0 Å². The summed E-state index contributed by atoms with van der Waals surface area (Å²) in [5.41, 5.74) is 0.840. The molecule has 0 spiro atoms. The number of nitrogens with zero attached hydrogens (tertiary/aromatic N) is 3. The maximum absolute atomic E-state index is 5.86. The second-order valence-corrected chi connectivity index (χ2v) is 5.51. The molecule has 0 atom stereocenters. The lowest BCUT2D eigenvalue weighted by molar-refractivity contribution is 0.268. The number of hydrogen-bond acceptors (Lipinski definition) is 7. The third-order valence-corrected chi connectivity index (χ3v) is 3.34. The van der Waals surface area contributed by atoms with Gasteiger partial charge in [-0.3, -0.25) is 0 Å². The molecule has 1 heterocycles. The van der Waals surface area contributed by atoms with E-state index in [0.29, 0.717) is 24.1 Å². The minimum absolute atomic E-state index is 0.519. The molecule has 1 aromatic heterocycles. The zero-order valence-electron chi connectivity index (χ0n) is 14.7. The van der Waals surface area contributed by atoms with E-state index < -0.39 is 0 Å². The molecule has 2 N–H and O–H groups in total. The van der Waals surface area contributed by atoms with Gasteiger partial charge in [0.05, 0.1) is 13.7 Å². The number of benzene rings is 1. The minimum atomic E-state index is 0.519. The lowest BCUT2D eigenvalue weighted by Gasteiger charge is -2.14. The fourth-order valence-corrected chi connectivity index (χ4v) is 2.12. The van der Waals surface area contributed by atoms with Crippen molar-refractivity contribution in [3.8, 4) is 11.5 Å². The van der Waals surface area contributed by atoms with Gasteiger partial charge in [0.1, 0.15) is 5.82 Å². The zero-order chi connectivity index (χ0) is 17.4. The number of methoxy groups -OCH3 is 1. The molecule has 0 aliphatic heterocycles. The second kappa shape index (κ2) is 8.93. The van der Waals surface area contributed by atoms with Gasteiger partial charge in [0.2, 0.25) is 5.95 Å². The zero-order valence-corrected chi connectivity index (χ0v) is 14.7. The van der Waals surface area contributed by atoms with Crippen LogP contribution in [-0.4, -0.2) is 56.3 Å². The summed E-state index contributed by atoms with van der Waals surface area (Å²) in [6.07, 6.45) is 2.64. The predicted molar refractivity (Wildman–Crippen MR) is 96.5 cm³/mol. The number of anilines is 3. The molecule has 0 amide bonds. The minimum Gasteiger partial charge on any atom is -0.493 e. The average Bonchev–Trinajstić information content (AvgIpc) is 2.59. The van der Waals surface area contributed by atoms with E-state index >= 15 is 0 Å². The second-order valence-electron chi connectivity index (χ2n) is 5.51. The molecular formula is C17H25N5O2. The van der Waals surface area contributed by atoms with E-state index in [1.54, 1.807) is 19.4 Å². The molecule has 1 aromatic carbocycles. The first kappa shape index (κ1) is 17.8. The Morgan fingerprint density at radius 2 is 2.00 bits per heavy atom. The van der Waals surface area contributed by atoms with Gasteiger partial charge in [-0.05, 0) is 38.7 Å². The summed E-state index contributed by atoms with van der Waals surface area (Å²) in [7, 11) is 7.54. The summed E-state index contributed by atoms with van der Waals surface area (Å²) >= 11 is 0. The molecule has 0 fully saturated rings. The monoisotopic (exact) mass is 331 g/mol. The average molecular weight is 331 g/mol. The molecule has 0 radical (unpaired) electrons. The van der Waals surface area contributed by atoms with Crippen LogP contribution in [0.25, 0.3) is 0 Å². The Morgan fingerprint density at radius 3 is 2.71 bits per heavy atom. The van der Waals surface area contributed by atoms with Crippen molar-refractivity contribution in [1.82, 2.24) is 14.9 Å². The Bertz CT molecular complexity index is 649. The summed E-state index contributed by atoms with van der Waals surface area (Å²) in [6, 6.07) is 7.47. The Labute approximate surface area is 143 Å². The van der Waals surface area contributed by atoms with E-state index in [9.17, 15) is 0 Å². The molecule has 7 nitrogen and oxygen atoms in total. The van der Waals surface area contributed by atoms with Crippen molar-refractivity contribution in [1.29, 1.82) is 0 Å². The van der Waals surface area contributed by atoms with Crippen molar-refractivity contribution < 1.29 is 9.47 Å². The number of hydrogen-bond donors (Lipinski definition) is 2. The van der Waals surface area contributed by atoms with Crippen LogP contribution in [0.5, 0.6) is 11.5 Å². The van der Waals surface area contributed by atoms with Crippen LogP contribution in [0.15, 0.2) is 30.5 Å². The highest BCUT2D eigenvalue weighted by molar-refractivity contribution is 5.60. The SMILES string of the molecule is CNc1ccnc(Nc2ccc(OC)c(OCCCN(C)C)c2)n1. The smallest absolute Gasteiger partial charge is 0.229 e. The predicted octanol–water partition coefficient (Wildman–Crippen LogP) is 2.60. The lowest BCUT2D eigenvalue weighted by Crippen LogP contribution is -2.15. The van der Waals surface area contributed by atoms with Gasteiger partial charge in [-0.15, -0.1) is 0 Å². The van der Waals surface area contributed by atoms with Gasteiger partial charge in [0.15, 0.2) is 11.5 Å². The van der Waals surface area contributed by atoms with Crippen molar-refractivity contribution in [3.05, 3.63) is 30.5 Å². The molecule has 0 unspecified atom stereocenters. The largest absolute Gasteiger partial charge is 0.493 e. The molecule has 130 valence electrons. The van der Waals surface area contributed by atoms with Gasteiger partial charge in [-0.1, -0.05) is 0 Å². The first-order valence-corrected chi connectivity index (χ1v) is 7.85. The maximum Gasteiger partial charge on any atom is 0.229 e. The maximum atomic E-state index is 5.86. The molecule has 0 bridgehead atoms. The molecular weight excluding hydrogens is 306 g/mol. The van der Waals surface area contributed by atoms with Crippen LogP contribution in [-0.2, 0) is 0 Å². The third-order valence-electron chi connectivity index (χ3n) is 3.34. The standard InChI is InChI=1S/C17H25N5O2/c1-18-16-8-9-19-17(21-16)20-13-6-7-14(23-4)15(12-13)24-11-5-10-22(2)3/h6-9,12H,5,10-11H2,1-4H3,(H2,18,19,20,21). The van der Waals surface area contributed by atoms with Gasteiger partial charge < -0.3 is 25.0 Å². The van der Waals surface area contributed by atoms with E-state index in [1.165, 1.54) is 0 Å². The van der Waals surface area contributed by atoms with Crippen LogP contribution in [0.3, 0.4) is 0 Å². The molecule has 2 aromatic rings. The van der Waals surface area contributed by atoms with E-state index in [4.69, 9.17) is 9.47 Å². The fraction of sp³-hybridized carbons (Fsp3) is 0.412. The van der Waals surface area contributed by atoms with Gasteiger partial charge in [-0.2, -0.15) is 4.98 Å². The molecule has 24 heavy (non-hydrogen) atoms. The van der Waals surface area contributed by atoms with Gasteiger partial charge in [0, 0.05) is 31.5 Å². The van der Waals surface area contributed by atoms with Crippen molar-refractivity contribution in [2.75, 3.05) is 52.0 Å². The van der Waals surface area contributed by atoms with Crippen molar-refractivity contribution in [3.63, 3.8) is 0 Å². The highest BCUT2D eigenvalue weighted by Crippen LogP contribution is 2.31. The van der Waals surface area contributed by atoms with Crippen molar-refractivity contribution in [2.45, 2.75) is 6.42 Å². The summed E-state index contributed by atoms with van der Waals surface area (Å²) < 4.78 is 11.2. The summed E-state index contributed by atoms with van der Waals surface area (Å²) in [5, 5.41) is 6.16. The normalized spacial score (nSPS) is 10.5. The number of rotatable bonds is 9. The van der Waals surface area contributed by atoms with E-state index in [-0.39, 0.29) is 0 Å². The molecule has 2 rings (SSSR count). The number of nitrogens with one attached hydrogen (secondary N) is 2. The third kappa shape index (κ3) is 5.27. The summed E-state index contributed by atoms with van der Waals surface area (Å²) in [6.45, 7) is 1.61. The number of ether oxygens (including phenoxy) is 2. The topological polar surface area (TPSA) is 71.5 Å². The quantitative estimate of drug-likeness (QED) is 0.684. The lowest BCUT2D eigenvalue weighted by atomic mass is 10.2. The van der Waals surface area contributed by atoms with E-state index in [0.717, 1.165) is 24.5 Å². The molecule has 0 saturated carbocycles. The molecule has 7 heteroatoms. The summed E-state index contributed by atoms with van der Waals surface area (Å²) in [5.74, 6) is 2.67. The van der Waals surface area contributed by atoms with Crippen LogP contribution in [0.4, 0.5) is 17.5 Å². The van der Waals surface area contributed by atoms with Crippen molar-refractivity contribution >= 4 is 17.5 Å². The Hall–Kier alpha value is -2.54. The first-order valence-electron chi connectivity index (χ1n) is 7.85. The van der Waals surface area contributed by atoms with Crippen LogP contribution in [0.2, 0.25) is 0 Å². The molecule has 0 aliphatic carbocycles. The summed E-state index contributed by atoms with van der Waals surface area (Å²) in [4.78, 5) is 10.7. The van der Waals surface area contributed by atoms with Crippen LogP contribution >= 0.6 is 0 Å². The van der Waals surface area contributed by atoms with Crippen LogP contribution < -0.4 is 20.1 Å². The van der Waals surface area contributed by atoms with Gasteiger partial charge in [-0.25, -0.2) is 4.98 Å². The van der Waals surface area contributed by atoms with Crippen molar-refractivity contribution in [2.24, 2.45) is 0 Å². The van der Waals surface area contributed by atoms with Crippen LogP contribution in [0.1, 0.15) is 6.42 Å². The molecule has 0 aliphatic rings. The Balaban J connectivity index is 2.06. The fourth-order valence-electron chi connectivity index (χ4n) is 2.12. The Morgan fingerprint density at radius 1 is 1.17 bits per heavy atom.